The highest BCUT2D eigenvalue weighted by atomic mass is 19.1. The fraction of sp³-hybridized carbons (Fsp3) is 0.310. The summed E-state index contributed by atoms with van der Waals surface area (Å²) >= 11 is 0. The summed E-state index contributed by atoms with van der Waals surface area (Å²) in [4.78, 5) is 2.35. The van der Waals surface area contributed by atoms with Crippen LogP contribution in [0.1, 0.15) is 43.4 Å². The number of halogens is 1. The Morgan fingerprint density at radius 1 is 0.750 bits per heavy atom. The molecular weight excluding hydrogens is 397 g/mol. The Bertz CT molecular complexity index is 947. The van der Waals surface area contributed by atoms with Crippen molar-refractivity contribution >= 4 is 11.1 Å². The summed E-state index contributed by atoms with van der Waals surface area (Å²) in [7, 11) is 0. The van der Waals surface area contributed by atoms with Gasteiger partial charge in [0.1, 0.15) is 12.4 Å². The van der Waals surface area contributed by atoms with E-state index in [1.165, 1.54) is 5.57 Å². The second-order valence-electron chi connectivity index (χ2n) is 7.78. The number of ether oxygens (including phenoxy) is 1. The first-order valence-electron chi connectivity index (χ1n) is 11.6. The molecule has 0 radical (unpaired) electrons. The average Bonchev–Trinajstić information content (AvgIpc) is 2.86. The van der Waals surface area contributed by atoms with E-state index in [2.05, 4.69) is 67.3 Å². The third-order valence-electron chi connectivity index (χ3n) is 5.76. The van der Waals surface area contributed by atoms with Crippen molar-refractivity contribution in [3.8, 4) is 5.75 Å². The molecule has 0 amide bonds. The van der Waals surface area contributed by atoms with E-state index in [-0.39, 0.29) is 6.67 Å². The molecule has 0 spiro atoms. The number of likely N-dealkylation sites (N-methyl/N-ethyl adjacent to an activating group) is 1. The minimum atomic E-state index is -0.322. The lowest BCUT2D eigenvalue weighted by molar-refractivity contribution is 0.223. The molecule has 0 aromatic heterocycles. The van der Waals surface area contributed by atoms with Gasteiger partial charge in [0.25, 0.3) is 0 Å². The van der Waals surface area contributed by atoms with Crippen LogP contribution in [0.2, 0.25) is 0 Å². The smallest absolute Gasteiger partial charge is 0.119 e. The van der Waals surface area contributed by atoms with Gasteiger partial charge in [-0.1, -0.05) is 86.6 Å². The number of hydrogen-bond donors (Lipinski definition) is 0. The molecule has 0 saturated heterocycles. The van der Waals surface area contributed by atoms with Crippen molar-refractivity contribution in [1.82, 2.24) is 4.90 Å². The van der Waals surface area contributed by atoms with E-state index in [0.29, 0.717) is 19.4 Å². The Labute approximate surface area is 192 Å². The maximum absolute atomic E-state index is 13.2. The summed E-state index contributed by atoms with van der Waals surface area (Å²) in [6.07, 6.45) is 1.19. The van der Waals surface area contributed by atoms with Gasteiger partial charge in [-0.15, -0.1) is 0 Å². The van der Waals surface area contributed by atoms with Crippen LogP contribution in [0, 0.1) is 0 Å². The van der Waals surface area contributed by atoms with Crippen LogP contribution in [0.4, 0.5) is 4.39 Å². The monoisotopic (exact) mass is 431 g/mol. The Morgan fingerprint density at radius 2 is 1.31 bits per heavy atom. The van der Waals surface area contributed by atoms with Crippen LogP contribution in [0.25, 0.3) is 11.1 Å². The zero-order valence-electron chi connectivity index (χ0n) is 19.3. The molecule has 0 aliphatic carbocycles. The Hall–Kier alpha value is -2.91. The lowest BCUT2D eigenvalue weighted by Gasteiger charge is -2.19. The molecule has 0 aliphatic rings. The molecule has 3 aromatic rings. The Balaban J connectivity index is 1.95. The molecule has 168 valence electrons. The molecule has 0 fully saturated rings. The van der Waals surface area contributed by atoms with Crippen molar-refractivity contribution in [2.24, 2.45) is 0 Å². The first-order valence-corrected chi connectivity index (χ1v) is 11.6. The maximum Gasteiger partial charge on any atom is 0.119 e. The minimum absolute atomic E-state index is 0.322. The normalized spacial score (nSPS) is 12.0. The predicted octanol–water partition coefficient (Wildman–Crippen LogP) is 7.12. The summed E-state index contributed by atoms with van der Waals surface area (Å²) < 4.78 is 19.2. The van der Waals surface area contributed by atoms with Gasteiger partial charge in [0.2, 0.25) is 0 Å². The lowest BCUT2D eigenvalue weighted by Crippen LogP contribution is -2.27. The average molecular weight is 432 g/mol. The summed E-state index contributed by atoms with van der Waals surface area (Å²) in [6.45, 7) is 7.68. The van der Waals surface area contributed by atoms with Crippen LogP contribution < -0.4 is 4.74 Å². The molecule has 0 unspecified atom stereocenters. The van der Waals surface area contributed by atoms with Crippen molar-refractivity contribution in [2.45, 2.75) is 26.7 Å². The van der Waals surface area contributed by atoms with Gasteiger partial charge in [-0.05, 0) is 65.9 Å². The highest BCUT2D eigenvalue weighted by Crippen LogP contribution is 2.35. The van der Waals surface area contributed by atoms with Gasteiger partial charge in [-0.3, -0.25) is 4.39 Å². The SMILES string of the molecule is CCN(CC)CCOc1ccc(/C(=C(\CCCF)c2ccccc2)c2ccccc2)cc1. The molecule has 0 saturated carbocycles. The van der Waals surface area contributed by atoms with Gasteiger partial charge in [0, 0.05) is 6.54 Å². The van der Waals surface area contributed by atoms with Crippen molar-refractivity contribution in [3.05, 3.63) is 102 Å². The largest absolute Gasteiger partial charge is 0.492 e. The fourth-order valence-electron chi connectivity index (χ4n) is 3.97. The summed E-state index contributed by atoms with van der Waals surface area (Å²) in [5.74, 6) is 0.873. The minimum Gasteiger partial charge on any atom is -0.492 e. The number of nitrogens with zero attached hydrogens (tertiary/aromatic N) is 1. The topological polar surface area (TPSA) is 12.5 Å². The zero-order valence-corrected chi connectivity index (χ0v) is 19.3. The van der Waals surface area contributed by atoms with Crippen molar-refractivity contribution < 1.29 is 9.13 Å². The molecule has 32 heavy (non-hydrogen) atoms. The van der Waals surface area contributed by atoms with Crippen LogP contribution in [0.3, 0.4) is 0 Å². The van der Waals surface area contributed by atoms with Crippen molar-refractivity contribution in [2.75, 3.05) is 32.9 Å². The quantitative estimate of drug-likeness (QED) is 0.283. The third-order valence-corrected chi connectivity index (χ3v) is 5.76. The second kappa shape index (κ2) is 12.8. The van der Waals surface area contributed by atoms with Crippen molar-refractivity contribution in [1.29, 1.82) is 0 Å². The van der Waals surface area contributed by atoms with Gasteiger partial charge in [-0.25, -0.2) is 0 Å². The molecule has 0 bridgehead atoms. The lowest BCUT2D eigenvalue weighted by atomic mass is 9.87. The zero-order chi connectivity index (χ0) is 22.6. The van der Waals surface area contributed by atoms with Gasteiger partial charge >= 0.3 is 0 Å². The molecule has 3 rings (SSSR count). The van der Waals surface area contributed by atoms with Gasteiger partial charge in [0.05, 0.1) is 6.67 Å². The number of alkyl halides is 1. The predicted molar refractivity (Wildman–Crippen MR) is 134 cm³/mol. The molecule has 3 heteroatoms. The van der Waals surface area contributed by atoms with E-state index < -0.39 is 0 Å². The number of allylic oxidation sites excluding steroid dienone is 1. The Kier molecular flexibility index (Phi) is 9.52. The third kappa shape index (κ3) is 6.54. The maximum atomic E-state index is 13.2. The first-order chi connectivity index (χ1) is 15.8. The number of rotatable bonds is 12. The van der Waals surface area contributed by atoms with Crippen LogP contribution in [0.15, 0.2) is 84.9 Å². The van der Waals surface area contributed by atoms with E-state index >= 15 is 0 Å². The molecule has 2 nitrogen and oxygen atoms in total. The standard InChI is InChI=1S/C29H34FNO/c1-3-31(4-2)22-23-32-27-19-17-26(18-20-27)29(25-14-9-6-10-15-25)28(16-11-21-30)24-12-7-5-8-13-24/h5-10,12-15,17-20H,3-4,11,16,21-23H2,1-2H3/b29-28+. The van der Waals surface area contributed by atoms with Crippen LogP contribution in [0.5, 0.6) is 5.75 Å². The molecule has 3 aromatic carbocycles. The van der Waals surface area contributed by atoms with Crippen LogP contribution in [-0.2, 0) is 0 Å². The molecule has 0 aliphatic heterocycles. The highest BCUT2D eigenvalue weighted by molar-refractivity contribution is 5.98. The Morgan fingerprint density at radius 3 is 1.88 bits per heavy atom. The van der Waals surface area contributed by atoms with Gasteiger partial charge in [-0.2, -0.15) is 0 Å². The summed E-state index contributed by atoms with van der Waals surface area (Å²) in [5, 5.41) is 0. The fourth-order valence-corrected chi connectivity index (χ4v) is 3.97. The van der Waals surface area contributed by atoms with E-state index in [1.807, 2.05) is 36.4 Å². The number of benzene rings is 3. The molecular formula is C29H34FNO. The first kappa shape index (κ1) is 23.7. The molecule has 0 heterocycles. The summed E-state index contributed by atoms with van der Waals surface area (Å²) in [6, 6.07) is 29.0. The van der Waals surface area contributed by atoms with Gasteiger partial charge < -0.3 is 9.64 Å². The van der Waals surface area contributed by atoms with E-state index in [1.54, 1.807) is 0 Å². The van der Waals surface area contributed by atoms with E-state index in [0.717, 1.165) is 47.6 Å². The number of hydrogen-bond acceptors (Lipinski definition) is 2. The van der Waals surface area contributed by atoms with Crippen LogP contribution >= 0.6 is 0 Å². The summed E-state index contributed by atoms with van der Waals surface area (Å²) in [5.41, 5.74) is 5.72. The van der Waals surface area contributed by atoms with E-state index in [4.69, 9.17) is 4.74 Å². The van der Waals surface area contributed by atoms with Crippen LogP contribution in [-0.4, -0.2) is 37.8 Å². The van der Waals surface area contributed by atoms with Crippen molar-refractivity contribution in [3.63, 3.8) is 0 Å². The second-order valence-corrected chi connectivity index (χ2v) is 7.78. The van der Waals surface area contributed by atoms with E-state index in [9.17, 15) is 4.39 Å². The molecule has 0 N–H and O–H groups in total. The highest BCUT2D eigenvalue weighted by Gasteiger charge is 2.14. The molecule has 0 atom stereocenters. The van der Waals surface area contributed by atoms with Gasteiger partial charge in [0.15, 0.2) is 0 Å².